The molecule has 1 unspecified atom stereocenters. The van der Waals surface area contributed by atoms with E-state index in [2.05, 4.69) is 30.4 Å². The summed E-state index contributed by atoms with van der Waals surface area (Å²) in [6.45, 7) is 3.76. The largest absolute Gasteiger partial charge is 0.490 e. The van der Waals surface area contributed by atoms with E-state index in [1.807, 2.05) is 11.0 Å². The van der Waals surface area contributed by atoms with Crippen LogP contribution in [0.3, 0.4) is 0 Å². The van der Waals surface area contributed by atoms with E-state index in [-0.39, 0.29) is 18.1 Å². The second-order valence-electron chi connectivity index (χ2n) is 5.92. The summed E-state index contributed by atoms with van der Waals surface area (Å²) in [7, 11) is 0. The van der Waals surface area contributed by atoms with E-state index < -0.39 is 0 Å². The van der Waals surface area contributed by atoms with Crippen molar-refractivity contribution in [1.82, 2.24) is 10.2 Å². The van der Waals surface area contributed by atoms with Gasteiger partial charge in [0.15, 0.2) is 0 Å². The lowest BCUT2D eigenvalue weighted by Gasteiger charge is -2.33. The van der Waals surface area contributed by atoms with Gasteiger partial charge < -0.3 is 9.64 Å². The summed E-state index contributed by atoms with van der Waals surface area (Å²) >= 11 is 1.80. The Kier molecular flexibility index (Phi) is 5.26. The Balaban J connectivity index is 1.49. The van der Waals surface area contributed by atoms with E-state index >= 15 is 0 Å². The maximum absolute atomic E-state index is 12.4. The van der Waals surface area contributed by atoms with Gasteiger partial charge in [0.05, 0.1) is 6.04 Å². The smallest absolute Gasteiger partial charge is 0.240 e. The van der Waals surface area contributed by atoms with Crippen LogP contribution in [0.15, 0.2) is 24.3 Å². The molecule has 22 heavy (non-hydrogen) atoms. The van der Waals surface area contributed by atoms with Crippen LogP contribution in [0.5, 0.6) is 5.75 Å². The minimum Gasteiger partial charge on any atom is -0.490 e. The Morgan fingerprint density at radius 3 is 2.91 bits per heavy atom. The van der Waals surface area contributed by atoms with Crippen molar-refractivity contribution in [3.8, 4) is 5.75 Å². The topological polar surface area (TPSA) is 41.6 Å². The lowest BCUT2D eigenvalue weighted by Crippen LogP contribution is -2.49. The van der Waals surface area contributed by atoms with E-state index in [0.717, 1.165) is 49.7 Å². The number of likely N-dealkylation sites (tertiary alicyclic amines) is 1. The zero-order valence-corrected chi connectivity index (χ0v) is 13.9. The van der Waals surface area contributed by atoms with Gasteiger partial charge in [-0.2, -0.15) is 0 Å². The van der Waals surface area contributed by atoms with E-state index in [0.29, 0.717) is 0 Å². The molecule has 0 spiro atoms. The second kappa shape index (κ2) is 7.38. The molecule has 3 rings (SSSR count). The van der Waals surface area contributed by atoms with E-state index in [9.17, 15) is 4.79 Å². The number of nitrogens with zero attached hydrogens (tertiary/aromatic N) is 1. The SMILES string of the molecule is CCc1cccc(OC2CCN(C(=O)C3CSCN3)CC2)c1. The predicted octanol–water partition coefficient (Wildman–Crippen LogP) is 2.28. The molecule has 0 radical (unpaired) electrons. The highest BCUT2D eigenvalue weighted by atomic mass is 32.2. The normalized spacial score (nSPS) is 22.8. The van der Waals surface area contributed by atoms with Crippen LogP contribution in [0.2, 0.25) is 0 Å². The number of rotatable bonds is 4. The summed E-state index contributed by atoms with van der Waals surface area (Å²) in [5.74, 6) is 3.01. The molecule has 4 nitrogen and oxygen atoms in total. The Morgan fingerprint density at radius 1 is 1.41 bits per heavy atom. The molecule has 1 amide bonds. The molecule has 1 aromatic rings. The second-order valence-corrected chi connectivity index (χ2v) is 6.95. The summed E-state index contributed by atoms with van der Waals surface area (Å²) in [5.41, 5.74) is 1.30. The fourth-order valence-electron chi connectivity index (χ4n) is 3.00. The van der Waals surface area contributed by atoms with Crippen molar-refractivity contribution in [3.05, 3.63) is 29.8 Å². The van der Waals surface area contributed by atoms with Gasteiger partial charge in [-0.3, -0.25) is 10.1 Å². The molecule has 120 valence electrons. The van der Waals surface area contributed by atoms with Crippen LogP contribution >= 0.6 is 11.8 Å². The Hall–Kier alpha value is -1.20. The average Bonchev–Trinajstić information content (AvgIpc) is 3.09. The molecule has 2 saturated heterocycles. The van der Waals surface area contributed by atoms with Gasteiger partial charge in [-0.15, -0.1) is 11.8 Å². The van der Waals surface area contributed by atoms with Crippen molar-refractivity contribution in [2.75, 3.05) is 24.7 Å². The van der Waals surface area contributed by atoms with Crippen molar-refractivity contribution in [3.63, 3.8) is 0 Å². The molecule has 0 saturated carbocycles. The highest BCUT2D eigenvalue weighted by molar-refractivity contribution is 7.99. The minimum absolute atomic E-state index is 0.0173. The summed E-state index contributed by atoms with van der Waals surface area (Å²) in [4.78, 5) is 14.4. The van der Waals surface area contributed by atoms with Crippen LogP contribution in [0.1, 0.15) is 25.3 Å². The number of amides is 1. The maximum Gasteiger partial charge on any atom is 0.240 e. The maximum atomic E-state index is 12.4. The van der Waals surface area contributed by atoms with Gasteiger partial charge in [-0.25, -0.2) is 0 Å². The molecule has 2 aliphatic rings. The van der Waals surface area contributed by atoms with Crippen molar-refractivity contribution in [2.24, 2.45) is 0 Å². The number of nitrogens with one attached hydrogen (secondary N) is 1. The number of carbonyl (C=O) groups excluding carboxylic acids is 1. The van der Waals surface area contributed by atoms with E-state index in [4.69, 9.17) is 4.74 Å². The molecule has 1 aromatic carbocycles. The Bertz CT molecular complexity index is 509. The summed E-state index contributed by atoms with van der Waals surface area (Å²) in [6.07, 6.45) is 3.09. The summed E-state index contributed by atoms with van der Waals surface area (Å²) in [6, 6.07) is 8.34. The van der Waals surface area contributed by atoms with Gasteiger partial charge >= 0.3 is 0 Å². The average molecular weight is 320 g/mol. The molecule has 5 heteroatoms. The fraction of sp³-hybridized carbons (Fsp3) is 0.588. The first-order valence-electron chi connectivity index (χ1n) is 8.12. The number of ether oxygens (including phenoxy) is 1. The molecule has 1 N–H and O–H groups in total. The number of thioether (sulfide) groups is 1. The molecule has 1 atom stereocenters. The monoisotopic (exact) mass is 320 g/mol. The zero-order chi connectivity index (χ0) is 15.4. The number of hydrogen-bond acceptors (Lipinski definition) is 4. The number of hydrogen-bond donors (Lipinski definition) is 1. The lowest BCUT2D eigenvalue weighted by molar-refractivity contribution is -0.134. The minimum atomic E-state index is 0.0173. The number of piperidine rings is 1. The predicted molar refractivity (Wildman–Crippen MR) is 90.3 cm³/mol. The van der Waals surface area contributed by atoms with Gasteiger partial charge in [0.2, 0.25) is 5.91 Å². The number of carbonyl (C=O) groups is 1. The number of aryl methyl sites for hydroxylation is 1. The molecule has 2 fully saturated rings. The number of benzene rings is 1. The van der Waals surface area contributed by atoms with Crippen LogP contribution in [-0.2, 0) is 11.2 Å². The Labute approximate surface area is 136 Å². The molecule has 0 aromatic heterocycles. The van der Waals surface area contributed by atoms with Crippen molar-refractivity contribution in [1.29, 1.82) is 0 Å². The molecular formula is C17H24N2O2S. The summed E-state index contributed by atoms with van der Waals surface area (Å²) in [5, 5.41) is 3.26. The molecular weight excluding hydrogens is 296 g/mol. The lowest BCUT2D eigenvalue weighted by atomic mass is 10.1. The molecule has 2 aliphatic heterocycles. The van der Waals surface area contributed by atoms with Crippen LogP contribution < -0.4 is 10.1 Å². The Morgan fingerprint density at radius 2 is 2.23 bits per heavy atom. The molecule has 0 aliphatic carbocycles. The van der Waals surface area contributed by atoms with E-state index in [1.165, 1.54) is 5.56 Å². The van der Waals surface area contributed by atoms with Gasteiger partial charge in [-0.05, 0) is 24.1 Å². The van der Waals surface area contributed by atoms with Crippen LogP contribution in [0.4, 0.5) is 0 Å². The van der Waals surface area contributed by atoms with Gasteiger partial charge in [0, 0.05) is 37.6 Å². The third-order valence-electron chi connectivity index (χ3n) is 4.38. The third kappa shape index (κ3) is 3.76. The van der Waals surface area contributed by atoms with Crippen LogP contribution in [-0.4, -0.2) is 47.7 Å². The first-order valence-corrected chi connectivity index (χ1v) is 9.27. The van der Waals surface area contributed by atoms with E-state index in [1.54, 1.807) is 11.8 Å². The highest BCUT2D eigenvalue weighted by Crippen LogP contribution is 2.21. The van der Waals surface area contributed by atoms with Crippen LogP contribution in [0.25, 0.3) is 0 Å². The van der Waals surface area contributed by atoms with Crippen molar-refractivity contribution in [2.45, 2.75) is 38.3 Å². The van der Waals surface area contributed by atoms with Gasteiger partial charge in [0.1, 0.15) is 11.9 Å². The zero-order valence-electron chi connectivity index (χ0n) is 13.1. The first kappa shape index (κ1) is 15.7. The van der Waals surface area contributed by atoms with Crippen molar-refractivity contribution >= 4 is 17.7 Å². The first-order chi connectivity index (χ1) is 10.8. The third-order valence-corrected chi connectivity index (χ3v) is 5.32. The fourth-order valence-corrected chi connectivity index (χ4v) is 3.93. The summed E-state index contributed by atoms with van der Waals surface area (Å²) < 4.78 is 6.09. The van der Waals surface area contributed by atoms with Gasteiger partial charge in [0.25, 0.3) is 0 Å². The molecule has 0 bridgehead atoms. The quantitative estimate of drug-likeness (QED) is 0.924. The van der Waals surface area contributed by atoms with Crippen LogP contribution in [0, 0.1) is 0 Å². The highest BCUT2D eigenvalue weighted by Gasteiger charge is 2.30. The molecule has 2 heterocycles. The van der Waals surface area contributed by atoms with Gasteiger partial charge in [-0.1, -0.05) is 19.1 Å². The van der Waals surface area contributed by atoms with Crippen molar-refractivity contribution < 1.29 is 9.53 Å². The standard InChI is InChI=1S/C17H24N2O2S/c1-2-13-4-3-5-15(10-13)21-14-6-8-19(9-7-14)17(20)16-11-22-12-18-16/h3-5,10,14,16,18H,2,6-9,11-12H2,1H3.